The van der Waals surface area contributed by atoms with Crippen LogP contribution in [0.3, 0.4) is 0 Å². The molecule has 1 N–H and O–H groups in total. The highest BCUT2D eigenvalue weighted by Crippen LogP contribution is 2.49. The normalized spacial score (nSPS) is 22.4. The number of hydrogen-bond donors (Lipinski definition) is 1. The van der Waals surface area contributed by atoms with E-state index in [0.29, 0.717) is 34.6 Å². The van der Waals surface area contributed by atoms with Crippen molar-refractivity contribution >= 4 is 34.0 Å². The summed E-state index contributed by atoms with van der Waals surface area (Å²) in [6.07, 6.45) is 5.22. The molecule has 4 rings (SSSR count). The van der Waals surface area contributed by atoms with Crippen LogP contribution in [0.1, 0.15) is 32.1 Å². The molecule has 9 heteroatoms. The number of thiazole rings is 1. The molecule has 0 radical (unpaired) electrons. The lowest BCUT2D eigenvalue weighted by molar-refractivity contribution is -0.384. The lowest BCUT2D eigenvalue weighted by Crippen LogP contribution is -2.23. The molecule has 152 valence electrons. The smallest absolute Gasteiger partial charge is 0.306 e. The van der Waals surface area contributed by atoms with Crippen molar-refractivity contribution in [1.29, 1.82) is 0 Å². The highest BCUT2D eigenvalue weighted by Gasteiger charge is 2.40. The highest BCUT2D eigenvalue weighted by molar-refractivity contribution is 7.14. The van der Waals surface area contributed by atoms with Gasteiger partial charge in [0.25, 0.3) is 11.6 Å². The van der Waals surface area contributed by atoms with Crippen LogP contribution in [0, 0.1) is 27.9 Å². The van der Waals surface area contributed by atoms with Gasteiger partial charge >= 0.3 is 5.97 Å². The predicted octanol–water partition coefficient (Wildman–Crippen LogP) is 4.03. The molecule has 29 heavy (non-hydrogen) atoms. The van der Waals surface area contributed by atoms with E-state index in [4.69, 9.17) is 4.74 Å². The molecule has 1 aromatic carbocycles. The second-order valence-corrected chi connectivity index (χ2v) is 8.55. The fourth-order valence-corrected chi connectivity index (χ4v) is 5.18. The van der Waals surface area contributed by atoms with Gasteiger partial charge in [0, 0.05) is 29.5 Å². The summed E-state index contributed by atoms with van der Waals surface area (Å²) in [6.45, 7) is -0.342. The molecule has 0 spiro atoms. The first-order chi connectivity index (χ1) is 14.0. The monoisotopic (exact) mass is 415 g/mol. The fourth-order valence-electron chi connectivity index (χ4n) is 4.44. The summed E-state index contributed by atoms with van der Waals surface area (Å²) >= 11 is 1.20. The Kier molecular flexibility index (Phi) is 5.57. The first-order valence-corrected chi connectivity index (χ1v) is 10.5. The molecule has 1 aromatic heterocycles. The van der Waals surface area contributed by atoms with E-state index < -0.39 is 10.8 Å². The third-order valence-electron chi connectivity index (χ3n) is 5.78. The zero-order valence-corrected chi connectivity index (χ0v) is 16.5. The molecular weight excluding hydrogens is 394 g/mol. The Bertz CT molecular complexity index is 944. The molecule has 2 fully saturated rings. The number of non-ortho nitro benzene ring substituents is 1. The van der Waals surface area contributed by atoms with Gasteiger partial charge in [0.2, 0.25) is 0 Å². The maximum absolute atomic E-state index is 12.1. The number of amides is 1. The summed E-state index contributed by atoms with van der Waals surface area (Å²) in [5.74, 6) is 1.04. The predicted molar refractivity (Wildman–Crippen MR) is 107 cm³/mol. The van der Waals surface area contributed by atoms with E-state index in [0.717, 1.165) is 12.3 Å². The van der Waals surface area contributed by atoms with Gasteiger partial charge in [-0.1, -0.05) is 18.6 Å². The first kappa shape index (κ1) is 19.5. The minimum atomic E-state index is -0.469. The van der Waals surface area contributed by atoms with E-state index in [1.54, 1.807) is 17.5 Å². The Morgan fingerprint density at radius 1 is 1.31 bits per heavy atom. The number of esters is 1. The number of nitrogens with one attached hydrogen (secondary N) is 1. The van der Waals surface area contributed by atoms with Crippen LogP contribution < -0.4 is 5.32 Å². The number of aromatic nitrogens is 1. The molecule has 2 aliphatic carbocycles. The van der Waals surface area contributed by atoms with Gasteiger partial charge in [0.1, 0.15) is 0 Å². The number of fused-ring (bicyclic) bond motifs is 2. The Balaban J connectivity index is 1.26. The number of nitro benzene ring substituents is 1. The highest BCUT2D eigenvalue weighted by atomic mass is 32.1. The van der Waals surface area contributed by atoms with E-state index in [-0.39, 0.29) is 18.3 Å². The van der Waals surface area contributed by atoms with E-state index in [1.807, 2.05) is 0 Å². The van der Waals surface area contributed by atoms with Gasteiger partial charge in [-0.25, -0.2) is 4.98 Å². The van der Waals surface area contributed by atoms with Crippen LogP contribution in [-0.4, -0.2) is 28.4 Å². The molecule has 2 aliphatic rings. The summed E-state index contributed by atoms with van der Waals surface area (Å²) in [6, 6.07) is 6.13. The van der Waals surface area contributed by atoms with Crippen molar-refractivity contribution in [3.8, 4) is 11.3 Å². The van der Waals surface area contributed by atoms with Gasteiger partial charge in [0.05, 0.1) is 10.6 Å². The summed E-state index contributed by atoms with van der Waals surface area (Å²) < 4.78 is 5.13. The van der Waals surface area contributed by atoms with Crippen LogP contribution >= 0.6 is 11.3 Å². The number of benzene rings is 1. The zero-order chi connectivity index (χ0) is 20.4. The van der Waals surface area contributed by atoms with Crippen molar-refractivity contribution in [3.05, 3.63) is 39.8 Å². The molecule has 1 amide bonds. The molecule has 0 saturated heterocycles. The van der Waals surface area contributed by atoms with E-state index in [9.17, 15) is 19.7 Å². The Morgan fingerprint density at radius 3 is 2.90 bits per heavy atom. The molecular formula is C20H21N3O5S. The summed E-state index contributed by atoms with van der Waals surface area (Å²) in [4.78, 5) is 38.8. The second-order valence-electron chi connectivity index (χ2n) is 7.69. The quantitative estimate of drug-likeness (QED) is 0.415. The van der Waals surface area contributed by atoms with Crippen molar-refractivity contribution in [3.63, 3.8) is 0 Å². The third-order valence-corrected chi connectivity index (χ3v) is 6.54. The van der Waals surface area contributed by atoms with Crippen molar-refractivity contribution < 1.29 is 19.2 Å². The van der Waals surface area contributed by atoms with E-state index >= 15 is 0 Å². The van der Waals surface area contributed by atoms with Gasteiger partial charge in [-0.3, -0.25) is 25.0 Å². The Morgan fingerprint density at radius 2 is 2.17 bits per heavy atom. The van der Waals surface area contributed by atoms with Crippen LogP contribution in [0.5, 0.6) is 0 Å². The third kappa shape index (κ3) is 4.61. The van der Waals surface area contributed by atoms with Crippen LogP contribution in [0.15, 0.2) is 29.6 Å². The number of nitrogens with zero attached hydrogens (tertiary/aromatic N) is 2. The molecule has 2 saturated carbocycles. The van der Waals surface area contributed by atoms with Crippen LogP contribution in [0.4, 0.5) is 10.8 Å². The standard InChI is InChI=1S/C20H21N3O5S/c24-18(10-28-19(25)9-15-7-12-4-5-13(15)6-12)22-20-21-17(11-29-20)14-2-1-3-16(8-14)23(26)27/h1-3,8,11-13,15H,4-7,9-10H2,(H,21,22,24). The minimum Gasteiger partial charge on any atom is -0.456 e. The lowest BCUT2D eigenvalue weighted by atomic mass is 9.86. The second kappa shape index (κ2) is 8.28. The largest absolute Gasteiger partial charge is 0.456 e. The Labute approximate surface area is 171 Å². The Hall–Kier alpha value is -2.81. The maximum Gasteiger partial charge on any atom is 0.306 e. The molecule has 8 nitrogen and oxygen atoms in total. The number of nitro groups is 1. The van der Waals surface area contributed by atoms with Crippen molar-refractivity contribution in [2.45, 2.75) is 32.1 Å². The number of carbonyl (C=O) groups excluding carboxylic acids is 2. The average molecular weight is 415 g/mol. The summed E-state index contributed by atoms with van der Waals surface area (Å²) in [5.41, 5.74) is 1.10. The van der Waals surface area contributed by atoms with Gasteiger partial charge in [-0.15, -0.1) is 11.3 Å². The molecule has 1 heterocycles. The van der Waals surface area contributed by atoms with Crippen molar-refractivity contribution in [2.24, 2.45) is 17.8 Å². The fraction of sp³-hybridized carbons (Fsp3) is 0.450. The number of carbonyl (C=O) groups is 2. The molecule has 0 aliphatic heterocycles. The maximum atomic E-state index is 12.1. The number of ether oxygens (including phenoxy) is 1. The van der Waals surface area contributed by atoms with Gasteiger partial charge in [0.15, 0.2) is 11.7 Å². The SMILES string of the molecule is O=C(COC(=O)CC1CC2CCC1C2)Nc1nc(-c2cccc([N+](=O)[O-])c2)cs1. The van der Waals surface area contributed by atoms with E-state index in [1.165, 1.54) is 42.7 Å². The van der Waals surface area contributed by atoms with Gasteiger partial charge in [-0.2, -0.15) is 0 Å². The number of hydrogen-bond acceptors (Lipinski definition) is 7. The number of anilines is 1. The summed E-state index contributed by atoms with van der Waals surface area (Å²) in [7, 11) is 0. The van der Waals surface area contributed by atoms with E-state index in [2.05, 4.69) is 10.3 Å². The van der Waals surface area contributed by atoms with Crippen LogP contribution in [0.2, 0.25) is 0 Å². The average Bonchev–Trinajstić information content (AvgIpc) is 3.44. The zero-order valence-electron chi connectivity index (χ0n) is 15.7. The van der Waals surface area contributed by atoms with Gasteiger partial charge < -0.3 is 4.74 Å². The van der Waals surface area contributed by atoms with Crippen LogP contribution in [0.25, 0.3) is 11.3 Å². The van der Waals surface area contributed by atoms with Crippen LogP contribution in [-0.2, 0) is 14.3 Å². The van der Waals surface area contributed by atoms with Crippen molar-refractivity contribution in [1.82, 2.24) is 4.98 Å². The number of rotatable bonds is 7. The lowest BCUT2D eigenvalue weighted by Gasteiger charge is -2.20. The molecule has 2 bridgehead atoms. The first-order valence-electron chi connectivity index (χ1n) is 9.64. The molecule has 2 aromatic rings. The van der Waals surface area contributed by atoms with Crippen molar-refractivity contribution in [2.75, 3.05) is 11.9 Å². The van der Waals surface area contributed by atoms with Gasteiger partial charge in [-0.05, 0) is 37.0 Å². The topological polar surface area (TPSA) is 111 Å². The molecule has 3 unspecified atom stereocenters. The molecule has 3 atom stereocenters. The minimum absolute atomic E-state index is 0.0246. The summed E-state index contributed by atoms with van der Waals surface area (Å²) in [5, 5.41) is 15.6.